The normalized spacial score (nSPS) is 14.5. The smallest absolute Gasteiger partial charge is 0.259 e. The molecule has 1 aliphatic rings. The molecule has 2 aromatic rings. The quantitative estimate of drug-likeness (QED) is 0.649. The highest BCUT2D eigenvalue weighted by atomic mass is 16.5. The number of imide groups is 1. The number of benzene rings is 2. The summed E-state index contributed by atoms with van der Waals surface area (Å²) >= 11 is 0. The Kier molecular flexibility index (Phi) is 7.49. The lowest BCUT2D eigenvalue weighted by atomic mass is 9.96. The van der Waals surface area contributed by atoms with Gasteiger partial charge in [0, 0.05) is 18.2 Å². The molecule has 0 bridgehead atoms. The van der Waals surface area contributed by atoms with Gasteiger partial charge in [0.2, 0.25) is 5.75 Å². The Hall–Kier alpha value is -4.09. The van der Waals surface area contributed by atoms with Crippen LogP contribution in [-0.2, 0) is 9.59 Å². The van der Waals surface area contributed by atoms with Gasteiger partial charge in [-0.15, -0.1) is 0 Å². The summed E-state index contributed by atoms with van der Waals surface area (Å²) < 4.78 is 15.9. The minimum atomic E-state index is -1.19. The highest BCUT2D eigenvalue weighted by Crippen LogP contribution is 2.38. The summed E-state index contributed by atoms with van der Waals surface area (Å²) in [5.74, 6) is 0.243. The van der Waals surface area contributed by atoms with E-state index in [1.807, 2.05) is 6.07 Å². The van der Waals surface area contributed by atoms with E-state index in [0.717, 1.165) is 4.90 Å². The summed E-state index contributed by atoms with van der Waals surface area (Å²) in [6.45, 7) is 0.209. The van der Waals surface area contributed by atoms with Crippen LogP contribution in [0.1, 0.15) is 29.2 Å². The first kappa shape index (κ1) is 23.6. The fourth-order valence-corrected chi connectivity index (χ4v) is 3.51. The molecule has 0 saturated heterocycles. The maximum absolute atomic E-state index is 12.9. The third-order valence-electron chi connectivity index (χ3n) is 5.23. The number of carbonyl (C=O) groups is 2. The van der Waals surface area contributed by atoms with Crippen molar-refractivity contribution < 1.29 is 28.9 Å². The van der Waals surface area contributed by atoms with E-state index in [2.05, 4.69) is 0 Å². The number of rotatable bonds is 7. The zero-order valence-corrected chi connectivity index (χ0v) is 18.6. The lowest BCUT2D eigenvalue weighted by Crippen LogP contribution is -2.41. The Morgan fingerprint density at radius 2 is 1.76 bits per heavy atom. The maximum Gasteiger partial charge on any atom is 0.259 e. The first-order valence-corrected chi connectivity index (χ1v) is 10.2. The first-order chi connectivity index (χ1) is 15.9. The minimum absolute atomic E-state index is 0.125. The fourth-order valence-electron chi connectivity index (χ4n) is 3.51. The Morgan fingerprint density at radius 1 is 1.12 bits per heavy atom. The van der Waals surface area contributed by atoms with Gasteiger partial charge in [0.05, 0.1) is 33.0 Å². The van der Waals surface area contributed by atoms with Gasteiger partial charge in [-0.3, -0.25) is 14.5 Å². The molecule has 0 aromatic heterocycles. The van der Waals surface area contributed by atoms with Gasteiger partial charge in [0.1, 0.15) is 6.10 Å². The second kappa shape index (κ2) is 10.5. The zero-order chi connectivity index (χ0) is 24.0. The van der Waals surface area contributed by atoms with Gasteiger partial charge in [0.25, 0.3) is 11.8 Å². The van der Waals surface area contributed by atoms with Crippen LogP contribution in [0, 0.1) is 11.3 Å². The van der Waals surface area contributed by atoms with Crippen LogP contribution >= 0.6 is 0 Å². The molecule has 1 N–H and O–H groups in total. The Labute approximate surface area is 191 Å². The van der Waals surface area contributed by atoms with Gasteiger partial charge >= 0.3 is 0 Å². The maximum atomic E-state index is 12.9. The predicted molar refractivity (Wildman–Crippen MR) is 121 cm³/mol. The molecule has 2 amide bonds. The summed E-state index contributed by atoms with van der Waals surface area (Å²) in [6, 6.07) is 11.7. The highest BCUT2D eigenvalue weighted by Gasteiger charge is 2.30. The van der Waals surface area contributed by atoms with Crippen molar-refractivity contribution in [2.45, 2.75) is 12.5 Å². The number of ether oxygens (including phenoxy) is 3. The number of hydrogen-bond acceptors (Lipinski definition) is 7. The van der Waals surface area contributed by atoms with E-state index in [9.17, 15) is 14.7 Å². The number of aliphatic hydroxyl groups is 1. The number of nitrogens with zero attached hydrogens (tertiary/aromatic N) is 2. The molecule has 33 heavy (non-hydrogen) atoms. The van der Waals surface area contributed by atoms with Crippen molar-refractivity contribution >= 4 is 17.9 Å². The van der Waals surface area contributed by atoms with Gasteiger partial charge in [-0.2, -0.15) is 5.26 Å². The van der Waals surface area contributed by atoms with E-state index < -0.39 is 17.9 Å². The molecule has 8 nitrogen and oxygen atoms in total. The summed E-state index contributed by atoms with van der Waals surface area (Å²) in [6.07, 6.45) is 3.71. The van der Waals surface area contributed by atoms with E-state index >= 15 is 0 Å². The number of hydrogen-bond donors (Lipinski definition) is 1. The average molecular weight is 448 g/mol. The number of carbonyl (C=O) groups excluding carboxylic acids is 2. The third-order valence-corrected chi connectivity index (χ3v) is 5.23. The summed E-state index contributed by atoms with van der Waals surface area (Å²) in [4.78, 5) is 26.8. The molecule has 170 valence electrons. The van der Waals surface area contributed by atoms with Crippen LogP contribution in [0.5, 0.6) is 17.2 Å². The van der Waals surface area contributed by atoms with Crippen molar-refractivity contribution in [2.24, 2.45) is 0 Å². The SMILES string of the molecule is COc1cc(/C=C/C(=O)N2CCC=C(C(O)c3ccc(C#N)cc3)C2=O)cc(OC)c1OC. The molecule has 0 spiro atoms. The second-order valence-electron chi connectivity index (χ2n) is 7.17. The molecule has 0 saturated carbocycles. The highest BCUT2D eigenvalue weighted by molar-refractivity contribution is 6.09. The fraction of sp³-hybridized carbons (Fsp3) is 0.240. The summed E-state index contributed by atoms with van der Waals surface area (Å²) in [5, 5.41) is 19.6. The van der Waals surface area contributed by atoms with Crippen LogP contribution < -0.4 is 14.2 Å². The molecule has 0 fully saturated rings. The van der Waals surface area contributed by atoms with E-state index in [-0.39, 0.29) is 12.1 Å². The topological polar surface area (TPSA) is 109 Å². The van der Waals surface area contributed by atoms with Crippen LogP contribution in [0.15, 0.2) is 54.1 Å². The largest absolute Gasteiger partial charge is 0.493 e. The van der Waals surface area contributed by atoms with Crippen molar-refractivity contribution in [2.75, 3.05) is 27.9 Å². The summed E-state index contributed by atoms with van der Waals surface area (Å²) in [5.41, 5.74) is 1.66. The number of nitriles is 1. The lowest BCUT2D eigenvalue weighted by Gasteiger charge is -2.27. The molecule has 8 heteroatoms. The number of aliphatic hydroxyl groups excluding tert-OH is 1. The van der Waals surface area contributed by atoms with Crippen molar-refractivity contribution in [3.8, 4) is 23.3 Å². The Balaban J connectivity index is 1.78. The van der Waals surface area contributed by atoms with Gasteiger partial charge < -0.3 is 19.3 Å². The van der Waals surface area contributed by atoms with Crippen molar-refractivity contribution in [3.05, 3.63) is 70.8 Å². The van der Waals surface area contributed by atoms with Crippen molar-refractivity contribution in [3.63, 3.8) is 0 Å². The molecular formula is C25H24N2O6. The van der Waals surface area contributed by atoms with Gasteiger partial charge in [0.15, 0.2) is 11.5 Å². The van der Waals surface area contributed by atoms with E-state index in [1.165, 1.54) is 27.4 Å². The first-order valence-electron chi connectivity index (χ1n) is 10.2. The Bertz CT molecular complexity index is 1120. The monoisotopic (exact) mass is 448 g/mol. The predicted octanol–water partition coefficient (Wildman–Crippen LogP) is 3.02. The van der Waals surface area contributed by atoms with Gasteiger partial charge in [-0.25, -0.2) is 0 Å². The van der Waals surface area contributed by atoms with Gasteiger partial charge in [-0.05, 0) is 47.9 Å². The molecule has 1 atom stereocenters. The molecule has 0 radical (unpaired) electrons. The third kappa shape index (κ3) is 5.05. The summed E-state index contributed by atoms with van der Waals surface area (Å²) in [7, 11) is 4.49. The van der Waals surface area contributed by atoms with Crippen molar-refractivity contribution in [1.29, 1.82) is 5.26 Å². The second-order valence-corrected chi connectivity index (χ2v) is 7.17. The minimum Gasteiger partial charge on any atom is -0.493 e. The molecule has 1 unspecified atom stereocenters. The number of methoxy groups -OCH3 is 3. The average Bonchev–Trinajstić information content (AvgIpc) is 2.86. The Morgan fingerprint density at radius 3 is 2.30 bits per heavy atom. The van der Waals surface area contributed by atoms with E-state index in [4.69, 9.17) is 19.5 Å². The van der Waals surface area contributed by atoms with Crippen LogP contribution in [0.3, 0.4) is 0 Å². The molecule has 1 aliphatic heterocycles. The van der Waals surface area contributed by atoms with E-state index in [0.29, 0.717) is 40.4 Å². The zero-order valence-electron chi connectivity index (χ0n) is 18.6. The molecule has 1 heterocycles. The lowest BCUT2D eigenvalue weighted by molar-refractivity contribution is -0.140. The molecule has 2 aromatic carbocycles. The number of amides is 2. The van der Waals surface area contributed by atoms with Crippen LogP contribution in [0.25, 0.3) is 6.08 Å². The van der Waals surface area contributed by atoms with Crippen LogP contribution in [0.4, 0.5) is 0 Å². The molecular weight excluding hydrogens is 424 g/mol. The van der Waals surface area contributed by atoms with Crippen LogP contribution in [-0.4, -0.2) is 49.7 Å². The van der Waals surface area contributed by atoms with E-state index in [1.54, 1.807) is 48.6 Å². The van der Waals surface area contributed by atoms with Gasteiger partial charge in [-0.1, -0.05) is 18.2 Å². The standard InChI is InChI=1S/C25H24N2O6/c1-31-20-13-17(14-21(32-2)24(20)33-3)8-11-22(28)27-12-4-5-19(25(27)30)23(29)18-9-6-16(15-26)7-10-18/h5-11,13-14,23,29H,4,12H2,1-3H3/b11-8+. The van der Waals surface area contributed by atoms with Crippen molar-refractivity contribution in [1.82, 2.24) is 4.90 Å². The van der Waals surface area contributed by atoms with Crippen LogP contribution in [0.2, 0.25) is 0 Å². The molecule has 3 rings (SSSR count). The molecule has 0 aliphatic carbocycles.